The van der Waals surface area contributed by atoms with Crippen LogP contribution < -0.4 is 69.3 Å². The molecule has 0 aromatic heterocycles. The standard InChI is InChI=1S/C13H10N2O3.C7H6O3.2Na/c16-10-7-5-9(6-8-10)14-15-12-4-2-1-3-11(12)13(17)18;8-6-4-2-1-3-5(6)7(9)10;;/h1-8,16H,(H,17,18);1-4,8H,(H,9,10);;/q;;2*+1/p-2. The van der Waals surface area contributed by atoms with Crippen LogP contribution in [0, 0.1) is 0 Å². The van der Waals surface area contributed by atoms with Gasteiger partial charge in [0.1, 0.15) is 5.69 Å². The van der Waals surface area contributed by atoms with E-state index in [4.69, 9.17) is 10.2 Å². The van der Waals surface area contributed by atoms with Gasteiger partial charge in [-0.1, -0.05) is 48.2 Å². The van der Waals surface area contributed by atoms with Crippen LogP contribution in [0.2, 0.25) is 0 Å². The number of carboxylic acids is 2. The molecule has 142 valence electrons. The number of benzene rings is 3. The molecule has 10 heteroatoms. The zero-order chi connectivity index (χ0) is 20.5. The predicted molar refractivity (Wildman–Crippen MR) is 96.3 cm³/mol. The van der Waals surface area contributed by atoms with Gasteiger partial charge in [0.25, 0.3) is 0 Å². The van der Waals surface area contributed by atoms with Gasteiger partial charge in [-0.15, -0.1) is 10.9 Å². The van der Waals surface area contributed by atoms with E-state index in [1.807, 2.05) is 0 Å². The van der Waals surface area contributed by atoms with Crippen molar-refractivity contribution in [1.82, 2.24) is 0 Å². The van der Waals surface area contributed by atoms with Gasteiger partial charge in [-0.2, -0.15) is 5.11 Å². The fourth-order valence-electron chi connectivity index (χ4n) is 2.01. The molecule has 0 fully saturated rings. The van der Waals surface area contributed by atoms with Crippen molar-refractivity contribution in [3.8, 4) is 11.5 Å². The maximum Gasteiger partial charge on any atom is 1.00 e. The molecule has 2 N–H and O–H groups in total. The van der Waals surface area contributed by atoms with Crippen molar-refractivity contribution in [1.29, 1.82) is 0 Å². The predicted octanol–water partition coefficient (Wildman–Crippen LogP) is -2.66. The molecular weight excluding hydrogens is 410 g/mol. The average Bonchev–Trinajstić information content (AvgIpc) is 2.68. The molecule has 0 aliphatic carbocycles. The number of carbonyl (C=O) groups is 2. The fraction of sp³-hybridized carbons (Fsp3) is 0. The summed E-state index contributed by atoms with van der Waals surface area (Å²) < 4.78 is 0. The Hall–Kier alpha value is -2.20. The van der Waals surface area contributed by atoms with Crippen LogP contribution in [0.3, 0.4) is 0 Å². The maximum atomic E-state index is 10.9. The third kappa shape index (κ3) is 8.66. The Bertz CT molecular complexity index is 1010. The second-order valence-corrected chi connectivity index (χ2v) is 5.32. The molecule has 0 atom stereocenters. The number of nitrogens with zero attached hydrogens (tertiary/aromatic N) is 2. The Balaban J connectivity index is 0.000000604. The summed E-state index contributed by atoms with van der Waals surface area (Å²) in [5, 5.41) is 46.6. The molecule has 3 aromatic rings. The Kier molecular flexibility index (Phi) is 12.9. The largest absolute Gasteiger partial charge is 1.00 e. The Morgan fingerprint density at radius 2 is 1.17 bits per heavy atom. The molecule has 0 unspecified atom stereocenters. The number of carboxylic acid groups (broad SMARTS) is 2. The Labute approximate surface area is 216 Å². The van der Waals surface area contributed by atoms with Gasteiger partial charge in [0.2, 0.25) is 0 Å². The summed E-state index contributed by atoms with van der Waals surface area (Å²) in [5.41, 5.74) is 0.676. The van der Waals surface area contributed by atoms with Crippen LogP contribution in [0.5, 0.6) is 11.5 Å². The van der Waals surface area contributed by atoms with E-state index in [2.05, 4.69) is 10.2 Å². The van der Waals surface area contributed by atoms with Gasteiger partial charge in [-0.05, 0) is 30.3 Å². The van der Waals surface area contributed by atoms with Crippen LogP contribution in [0.1, 0.15) is 20.7 Å². The molecule has 0 aliphatic heterocycles. The summed E-state index contributed by atoms with van der Waals surface area (Å²) in [5.74, 6) is -2.79. The van der Waals surface area contributed by atoms with Gasteiger partial charge in [0.15, 0.2) is 0 Å². The zero-order valence-electron chi connectivity index (χ0n) is 16.4. The van der Waals surface area contributed by atoms with E-state index in [0.29, 0.717) is 5.69 Å². The molecule has 0 heterocycles. The summed E-state index contributed by atoms with van der Waals surface area (Å²) in [6.45, 7) is 0. The number of rotatable bonds is 4. The number of aromatic carboxylic acids is 2. The molecule has 0 bridgehead atoms. The summed E-state index contributed by atoms with van der Waals surface area (Å²) in [4.78, 5) is 21.2. The molecule has 30 heavy (non-hydrogen) atoms. The third-order valence-corrected chi connectivity index (χ3v) is 3.36. The zero-order valence-corrected chi connectivity index (χ0v) is 20.4. The van der Waals surface area contributed by atoms with Gasteiger partial charge in [-0.25, -0.2) is 9.59 Å². The summed E-state index contributed by atoms with van der Waals surface area (Å²) in [6, 6.07) is 17.6. The first kappa shape index (κ1) is 27.8. The van der Waals surface area contributed by atoms with E-state index in [0.717, 1.165) is 0 Å². The molecule has 8 nitrogen and oxygen atoms in total. The van der Waals surface area contributed by atoms with Crippen molar-refractivity contribution >= 4 is 23.3 Å². The van der Waals surface area contributed by atoms with Crippen LogP contribution in [-0.4, -0.2) is 22.2 Å². The van der Waals surface area contributed by atoms with Crippen molar-refractivity contribution in [2.45, 2.75) is 0 Å². The minimum Gasteiger partial charge on any atom is -0.872 e. The first-order chi connectivity index (χ1) is 13.4. The van der Waals surface area contributed by atoms with Gasteiger partial charge in [0.05, 0.1) is 16.8 Å². The number of hydrogen-bond acceptors (Lipinski definition) is 6. The van der Waals surface area contributed by atoms with Gasteiger partial charge >= 0.3 is 71.1 Å². The second-order valence-electron chi connectivity index (χ2n) is 5.32. The van der Waals surface area contributed by atoms with Crippen LogP contribution in [-0.2, 0) is 0 Å². The van der Waals surface area contributed by atoms with Crippen LogP contribution in [0.25, 0.3) is 0 Å². The molecule has 0 amide bonds. The summed E-state index contributed by atoms with van der Waals surface area (Å²) >= 11 is 0. The molecule has 0 spiro atoms. The monoisotopic (exact) mass is 424 g/mol. The molecule has 0 saturated heterocycles. The topological polar surface area (TPSA) is 145 Å². The van der Waals surface area contributed by atoms with Crippen molar-refractivity contribution in [2.75, 3.05) is 0 Å². The Morgan fingerprint density at radius 3 is 1.67 bits per heavy atom. The van der Waals surface area contributed by atoms with Crippen molar-refractivity contribution in [3.05, 3.63) is 83.9 Å². The van der Waals surface area contributed by atoms with Crippen molar-refractivity contribution in [3.63, 3.8) is 0 Å². The third-order valence-electron chi connectivity index (χ3n) is 3.36. The van der Waals surface area contributed by atoms with E-state index in [1.165, 1.54) is 54.6 Å². The van der Waals surface area contributed by atoms with E-state index in [9.17, 15) is 19.8 Å². The van der Waals surface area contributed by atoms with E-state index >= 15 is 0 Å². The van der Waals surface area contributed by atoms with Crippen LogP contribution in [0.4, 0.5) is 11.4 Å². The first-order valence-electron chi connectivity index (χ1n) is 7.89. The molecule has 3 aromatic carbocycles. The van der Waals surface area contributed by atoms with Crippen LogP contribution >= 0.6 is 0 Å². The smallest absolute Gasteiger partial charge is 0.872 e. The molecular formula is C20H14N2Na2O6. The molecule has 3 rings (SSSR count). The maximum absolute atomic E-state index is 10.9. The van der Waals surface area contributed by atoms with Crippen LogP contribution in [0.15, 0.2) is 83.0 Å². The fourth-order valence-corrected chi connectivity index (χ4v) is 2.01. The number of azo groups is 1. The first-order valence-corrected chi connectivity index (χ1v) is 7.89. The normalized spacial score (nSPS) is 9.47. The molecule has 0 radical (unpaired) electrons. The van der Waals surface area contributed by atoms with Gasteiger partial charge < -0.3 is 20.4 Å². The minimum atomic E-state index is -1.18. The SMILES string of the molecule is O=C(O)c1ccccc1N=Nc1ccc([O-])cc1.O=C(O)c1ccccc1[O-].[Na+].[Na+]. The van der Waals surface area contributed by atoms with Gasteiger partial charge in [-0.3, -0.25) is 0 Å². The quantitative estimate of drug-likeness (QED) is 0.345. The second kappa shape index (κ2) is 13.9. The summed E-state index contributed by atoms with van der Waals surface area (Å²) in [6.07, 6.45) is 0. The van der Waals surface area contributed by atoms with E-state index in [-0.39, 0.29) is 81.7 Å². The minimum absolute atomic E-state index is 0. The van der Waals surface area contributed by atoms with Crippen molar-refractivity contribution < 1.29 is 89.1 Å². The average molecular weight is 424 g/mol. The molecule has 0 saturated carbocycles. The summed E-state index contributed by atoms with van der Waals surface area (Å²) in [7, 11) is 0. The number of para-hydroxylation sites is 1. The van der Waals surface area contributed by atoms with E-state index in [1.54, 1.807) is 18.2 Å². The number of hydrogen-bond donors (Lipinski definition) is 2. The van der Waals surface area contributed by atoms with Crippen molar-refractivity contribution in [2.24, 2.45) is 10.2 Å². The van der Waals surface area contributed by atoms with E-state index < -0.39 is 17.7 Å². The Morgan fingerprint density at radius 1 is 0.667 bits per heavy atom. The van der Waals surface area contributed by atoms with Gasteiger partial charge in [0, 0.05) is 0 Å². The molecule has 0 aliphatic rings.